The Morgan fingerprint density at radius 2 is 2.31 bits per heavy atom. The Morgan fingerprint density at radius 1 is 1.44 bits per heavy atom. The van der Waals surface area contributed by atoms with Gasteiger partial charge in [0.15, 0.2) is 17.7 Å². The molecule has 84 valence electrons. The summed E-state index contributed by atoms with van der Waals surface area (Å²) in [6.07, 6.45) is 1.44. The Balaban J connectivity index is 1.81. The molecule has 2 heterocycles. The van der Waals surface area contributed by atoms with Crippen LogP contribution in [-0.4, -0.2) is 24.8 Å². The van der Waals surface area contributed by atoms with E-state index in [0.717, 1.165) is 24.5 Å². The summed E-state index contributed by atoms with van der Waals surface area (Å²) in [5.41, 5.74) is 1.68. The number of para-hydroxylation sites is 1. The average Bonchev–Trinajstić information content (AvgIpc) is 2.72. The monoisotopic (exact) mass is 219 g/mol. The maximum absolute atomic E-state index is 5.77. The van der Waals surface area contributed by atoms with Crippen molar-refractivity contribution in [2.75, 3.05) is 19.8 Å². The van der Waals surface area contributed by atoms with Gasteiger partial charge in [-0.05, 0) is 12.1 Å². The minimum absolute atomic E-state index is 0.141. The zero-order valence-corrected chi connectivity index (χ0v) is 9.10. The third-order valence-corrected chi connectivity index (χ3v) is 2.80. The number of hydrogen-bond acceptors (Lipinski definition) is 4. The summed E-state index contributed by atoms with van der Waals surface area (Å²) in [4.78, 5) is 4.09. The van der Waals surface area contributed by atoms with Crippen molar-refractivity contribution in [3.05, 3.63) is 24.6 Å². The second kappa shape index (κ2) is 3.49. The Bertz CT molecular complexity index is 502. The van der Waals surface area contributed by atoms with Crippen LogP contribution >= 0.6 is 0 Å². The zero-order valence-electron chi connectivity index (χ0n) is 9.10. The first-order valence-corrected chi connectivity index (χ1v) is 5.30. The van der Waals surface area contributed by atoms with Crippen LogP contribution in [0.25, 0.3) is 11.1 Å². The summed E-state index contributed by atoms with van der Waals surface area (Å²) in [6, 6.07) is 5.72. The van der Waals surface area contributed by atoms with Crippen molar-refractivity contribution in [1.82, 2.24) is 4.98 Å². The lowest BCUT2D eigenvalue weighted by Crippen LogP contribution is -2.44. The zero-order chi connectivity index (χ0) is 11.0. The van der Waals surface area contributed by atoms with Crippen molar-refractivity contribution in [3.8, 4) is 5.75 Å². The fourth-order valence-corrected chi connectivity index (χ4v) is 1.76. The van der Waals surface area contributed by atoms with E-state index in [1.807, 2.05) is 18.2 Å². The van der Waals surface area contributed by atoms with Crippen LogP contribution in [0.3, 0.4) is 0 Å². The largest absolute Gasteiger partial charge is 0.489 e. The first kappa shape index (κ1) is 9.66. The molecule has 1 saturated heterocycles. The SMILES string of the molecule is CC1(COc2cccc3ncoc23)COC1. The van der Waals surface area contributed by atoms with Gasteiger partial charge in [0.2, 0.25) is 0 Å². The number of oxazole rings is 1. The molecule has 0 unspecified atom stereocenters. The number of rotatable bonds is 3. The number of hydrogen-bond donors (Lipinski definition) is 0. The molecule has 1 fully saturated rings. The highest BCUT2D eigenvalue weighted by molar-refractivity contribution is 5.78. The van der Waals surface area contributed by atoms with Gasteiger partial charge in [-0.1, -0.05) is 13.0 Å². The smallest absolute Gasteiger partial charge is 0.196 e. The highest BCUT2D eigenvalue weighted by Gasteiger charge is 2.34. The van der Waals surface area contributed by atoms with Gasteiger partial charge in [-0.15, -0.1) is 0 Å². The standard InChI is InChI=1S/C12H13NO3/c1-12(5-14-6-12)7-15-10-4-2-3-9-11(10)16-8-13-9/h2-4,8H,5-7H2,1H3. The molecule has 0 radical (unpaired) electrons. The molecule has 0 spiro atoms. The predicted molar refractivity (Wildman–Crippen MR) is 58.4 cm³/mol. The van der Waals surface area contributed by atoms with Crippen LogP contribution in [0, 0.1) is 5.41 Å². The molecule has 1 aliphatic heterocycles. The first-order valence-electron chi connectivity index (χ1n) is 5.30. The van der Waals surface area contributed by atoms with Crippen LogP contribution in [0.1, 0.15) is 6.92 Å². The van der Waals surface area contributed by atoms with E-state index in [1.165, 1.54) is 6.39 Å². The molecule has 0 N–H and O–H groups in total. The fraction of sp³-hybridized carbons (Fsp3) is 0.417. The van der Waals surface area contributed by atoms with Crippen molar-refractivity contribution in [1.29, 1.82) is 0 Å². The van der Waals surface area contributed by atoms with E-state index in [0.29, 0.717) is 12.2 Å². The maximum Gasteiger partial charge on any atom is 0.196 e. The summed E-state index contributed by atoms with van der Waals surface area (Å²) in [5, 5.41) is 0. The van der Waals surface area contributed by atoms with E-state index in [2.05, 4.69) is 11.9 Å². The third kappa shape index (κ3) is 1.55. The molecular weight excluding hydrogens is 206 g/mol. The average molecular weight is 219 g/mol. The molecule has 0 amide bonds. The number of benzene rings is 1. The van der Waals surface area contributed by atoms with Gasteiger partial charge in [-0.2, -0.15) is 0 Å². The van der Waals surface area contributed by atoms with Crippen LogP contribution in [-0.2, 0) is 4.74 Å². The van der Waals surface area contributed by atoms with Crippen molar-refractivity contribution >= 4 is 11.1 Å². The molecule has 1 aromatic heterocycles. The van der Waals surface area contributed by atoms with Gasteiger partial charge in [0.05, 0.1) is 19.8 Å². The molecule has 4 heteroatoms. The minimum atomic E-state index is 0.141. The van der Waals surface area contributed by atoms with E-state index >= 15 is 0 Å². The Hall–Kier alpha value is -1.55. The molecule has 16 heavy (non-hydrogen) atoms. The summed E-state index contributed by atoms with van der Waals surface area (Å²) in [6.45, 7) is 4.32. The van der Waals surface area contributed by atoms with E-state index in [-0.39, 0.29) is 5.41 Å². The van der Waals surface area contributed by atoms with Gasteiger partial charge in [-0.3, -0.25) is 0 Å². The van der Waals surface area contributed by atoms with Crippen molar-refractivity contribution in [3.63, 3.8) is 0 Å². The van der Waals surface area contributed by atoms with Crippen molar-refractivity contribution in [2.24, 2.45) is 5.41 Å². The first-order chi connectivity index (χ1) is 7.77. The molecule has 0 aliphatic carbocycles. The van der Waals surface area contributed by atoms with E-state index in [4.69, 9.17) is 13.9 Å². The van der Waals surface area contributed by atoms with Crippen LogP contribution in [0.2, 0.25) is 0 Å². The number of aromatic nitrogens is 1. The molecular formula is C12H13NO3. The van der Waals surface area contributed by atoms with Crippen molar-refractivity contribution in [2.45, 2.75) is 6.92 Å². The summed E-state index contributed by atoms with van der Waals surface area (Å²) < 4.78 is 16.3. The molecule has 1 aromatic carbocycles. The van der Waals surface area contributed by atoms with E-state index in [9.17, 15) is 0 Å². The Kier molecular flexibility index (Phi) is 2.11. The van der Waals surface area contributed by atoms with Crippen molar-refractivity contribution < 1.29 is 13.9 Å². The summed E-state index contributed by atoms with van der Waals surface area (Å²) in [5.74, 6) is 0.753. The van der Waals surface area contributed by atoms with E-state index in [1.54, 1.807) is 0 Å². The van der Waals surface area contributed by atoms with Crippen LogP contribution < -0.4 is 4.74 Å². The lowest BCUT2D eigenvalue weighted by Gasteiger charge is -2.37. The molecule has 3 rings (SSSR count). The predicted octanol–water partition coefficient (Wildman–Crippen LogP) is 2.24. The molecule has 4 nitrogen and oxygen atoms in total. The molecule has 0 atom stereocenters. The van der Waals surface area contributed by atoms with Crippen LogP contribution in [0.4, 0.5) is 0 Å². The van der Waals surface area contributed by atoms with Crippen LogP contribution in [0.5, 0.6) is 5.75 Å². The number of nitrogens with zero attached hydrogens (tertiary/aromatic N) is 1. The molecule has 0 saturated carbocycles. The summed E-state index contributed by atoms with van der Waals surface area (Å²) in [7, 11) is 0. The highest BCUT2D eigenvalue weighted by Crippen LogP contribution is 2.30. The van der Waals surface area contributed by atoms with Gasteiger partial charge in [-0.25, -0.2) is 4.98 Å². The van der Waals surface area contributed by atoms with Gasteiger partial charge in [0.25, 0.3) is 0 Å². The lowest BCUT2D eigenvalue weighted by atomic mass is 9.90. The van der Waals surface area contributed by atoms with E-state index < -0.39 is 0 Å². The fourth-order valence-electron chi connectivity index (χ4n) is 1.76. The molecule has 2 aromatic rings. The summed E-state index contributed by atoms with van der Waals surface area (Å²) >= 11 is 0. The Labute approximate surface area is 93.2 Å². The quantitative estimate of drug-likeness (QED) is 0.794. The minimum Gasteiger partial charge on any atom is -0.489 e. The number of ether oxygens (including phenoxy) is 2. The lowest BCUT2D eigenvalue weighted by molar-refractivity contribution is -0.120. The normalized spacial score (nSPS) is 18.3. The maximum atomic E-state index is 5.77. The third-order valence-electron chi connectivity index (χ3n) is 2.80. The van der Waals surface area contributed by atoms with Gasteiger partial charge >= 0.3 is 0 Å². The number of fused-ring (bicyclic) bond motifs is 1. The Morgan fingerprint density at radius 3 is 3.06 bits per heavy atom. The van der Waals surface area contributed by atoms with Gasteiger partial charge in [0.1, 0.15) is 5.52 Å². The van der Waals surface area contributed by atoms with Crippen LogP contribution in [0.15, 0.2) is 29.0 Å². The molecule has 0 bridgehead atoms. The molecule has 1 aliphatic rings. The second-order valence-corrected chi connectivity index (χ2v) is 4.55. The van der Waals surface area contributed by atoms with Gasteiger partial charge < -0.3 is 13.9 Å². The topological polar surface area (TPSA) is 44.5 Å². The van der Waals surface area contributed by atoms with Gasteiger partial charge in [0, 0.05) is 5.41 Å². The highest BCUT2D eigenvalue weighted by atomic mass is 16.5. The second-order valence-electron chi connectivity index (χ2n) is 4.55.